The van der Waals surface area contributed by atoms with Crippen LogP contribution in [0.5, 0.6) is 0 Å². The molecule has 4 nitrogen and oxygen atoms in total. The zero-order chi connectivity index (χ0) is 7.40. The van der Waals surface area contributed by atoms with Crippen LogP contribution in [0, 0.1) is 0 Å². The van der Waals surface area contributed by atoms with E-state index in [1.165, 1.54) is 18.5 Å². The molecule has 52 valence electrons. The largest absolute Gasteiger partial charge is 0.478 e. The first-order valence-corrected chi connectivity index (χ1v) is 2.78. The molecule has 0 unspecified atom stereocenters. The Morgan fingerprint density at radius 2 is 2.40 bits per heavy atom. The van der Waals surface area contributed by atoms with E-state index in [0.29, 0.717) is 12.0 Å². The summed E-state index contributed by atoms with van der Waals surface area (Å²) in [6, 6.07) is 0. The molecule has 1 rings (SSSR count). The first-order chi connectivity index (χ1) is 4.80. The molecule has 0 saturated heterocycles. The van der Waals surface area contributed by atoms with Gasteiger partial charge in [0.25, 0.3) is 0 Å². The number of aliphatic carboxylic acids is 1. The molecule has 1 aliphatic rings. The lowest BCUT2D eigenvalue weighted by molar-refractivity contribution is -0.132. The van der Waals surface area contributed by atoms with Crippen molar-refractivity contribution >= 4 is 18.4 Å². The average molecular weight is 138 g/mol. The summed E-state index contributed by atoms with van der Waals surface area (Å²) in [5, 5.41) is 15.5. The second kappa shape index (κ2) is 2.91. The van der Waals surface area contributed by atoms with Gasteiger partial charge in [-0.25, -0.2) is 4.79 Å². The predicted molar refractivity (Wildman–Crippen MR) is 37.3 cm³/mol. The molecule has 1 aliphatic heterocycles. The topological polar surface area (TPSA) is 62.0 Å². The molecule has 0 aromatic carbocycles. The van der Waals surface area contributed by atoms with E-state index in [9.17, 15) is 4.79 Å². The van der Waals surface area contributed by atoms with E-state index in [1.54, 1.807) is 0 Å². The third-order valence-electron chi connectivity index (χ3n) is 1.08. The van der Waals surface area contributed by atoms with Crippen molar-refractivity contribution in [1.29, 1.82) is 0 Å². The number of carbonyl (C=O) groups is 1. The van der Waals surface area contributed by atoms with Crippen molar-refractivity contribution in [3.05, 3.63) is 11.6 Å². The zero-order valence-corrected chi connectivity index (χ0v) is 5.19. The number of carboxylic acid groups (broad SMARTS) is 1. The van der Waals surface area contributed by atoms with Crippen molar-refractivity contribution < 1.29 is 9.90 Å². The zero-order valence-electron chi connectivity index (χ0n) is 5.19. The lowest BCUT2D eigenvalue weighted by Crippen LogP contribution is -2.00. The van der Waals surface area contributed by atoms with Crippen LogP contribution in [0.25, 0.3) is 0 Å². The number of nitrogens with zero attached hydrogens (tertiary/aromatic N) is 2. The van der Waals surface area contributed by atoms with Gasteiger partial charge in [0, 0.05) is 18.2 Å². The van der Waals surface area contributed by atoms with Gasteiger partial charge in [0.1, 0.15) is 0 Å². The van der Waals surface area contributed by atoms with Gasteiger partial charge in [-0.15, -0.1) is 0 Å². The molecule has 0 amide bonds. The number of rotatable bonds is 1. The highest BCUT2D eigenvalue weighted by Crippen LogP contribution is 2.00. The molecule has 4 heteroatoms. The molecular formula is C6H6N2O2. The third-order valence-corrected chi connectivity index (χ3v) is 1.08. The molecule has 0 radical (unpaired) electrons. The second-order valence-corrected chi connectivity index (χ2v) is 1.76. The van der Waals surface area contributed by atoms with E-state index in [-0.39, 0.29) is 0 Å². The fraction of sp³-hybridized carbons (Fsp3) is 0.167. The number of allylic oxidation sites excluding steroid dienone is 1. The predicted octanol–water partition coefficient (Wildman–Crippen LogP) is 0.458. The smallest absolute Gasteiger partial charge is 0.331 e. The molecule has 0 atom stereocenters. The molecule has 0 bridgehead atoms. The number of hydrogen-bond donors (Lipinski definition) is 1. The minimum Gasteiger partial charge on any atom is -0.478 e. The minimum atomic E-state index is -0.917. The maximum absolute atomic E-state index is 10.3. The third kappa shape index (κ3) is 1.51. The van der Waals surface area contributed by atoms with Crippen LogP contribution in [0.4, 0.5) is 0 Å². The number of hydrogen-bond acceptors (Lipinski definition) is 3. The molecule has 0 saturated carbocycles. The molecule has 1 N–H and O–H groups in total. The van der Waals surface area contributed by atoms with Crippen molar-refractivity contribution in [2.45, 2.75) is 6.42 Å². The van der Waals surface area contributed by atoms with Crippen LogP contribution in [-0.4, -0.2) is 23.5 Å². The van der Waals surface area contributed by atoms with E-state index in [0.717, 1.165) is 0 Å². The Bertz CT molecular complexity index is 228. The summed E-state index contributed by atoms with van der Waals surface area (Å²) in [5.74, 6) is -0.917. The van der Waals surface area contributed by atoms with Gasteiger partial charge in [0.2, 0.25) is 0 Å². The van der Waals surface area contributed by atoms with Gasteiger partial charge in [-0.3, -0.25) is 0 Å². The average Bonchev–Trinajstić information content (AvgIpc) is 2.12. The fourth-order valence-corrected chi connectivity index (χ4v) is 0.575. The Morgan fingerprint density at radius 3 is 3.10 bits per heavy atom. The summed E-state index contributed by atoms with van der Waals surface area (Å²) in [4.78, 5) is 10.3. The van der Waals surface area contributed by atoms with E-state index >= 15 is 0 Å². The van der Waals surface area contributed by atoms with Crippen molar-refractivity contribution in [3.63, 3.8) is 0 Å². The fourth-order valence-electron chi connectivity index (χ4n) is 0.575. The lowest BCUT2D eigenvalue weighted by Gasteiger charge is -1.90. The standard InChI is InChI=1S/C6H6N2O2/c9-6(10)5-1-3-7-8-4-2-5/h1,3-4H,2H2,(H,9,10). The van der Waals surface area contributed by atoms with Gasteiger partial charge in [0.05, 0.1) is 6.21 Å². The van der Waals surface area contributed by atoms with E-state index in [4.69, 9.17) is 5.11 Å². The van der Waals surface area contributed by atoms with Crippen molar-refractivity contribution in [2.75, 3.05) is 0 Å². The van der Waals surface area contributed by atoms with Crippen LogP contribution in [0.3, 0.4) is 0 Å². The van der Waals surface area contributed by atoms with Crippen molar-refractivity contribution in [1.82, 2.24) is 0 Å². The Labute approximate surface area is 57.6 Å². The molecular weight excluding hydrogens is 132 g/mol. The maximum atomic E-state index is 10.3. The molecule has 0 aromatic rings. The van der Waals surface area contributed by atoms with Crippen LogP contribution < -0.4 is 0 Å². The number of carboxylic acids is 1. The van der Waals surface area contributed by atoms with Gasteiger partial charge in [-0.2, -0.15) is 10.2 Å². The van der Waals surface area contributed by atoms with Crippen LogP contribution in [0.15, 0.2) is 21.9 Å². The first kappa shape index (κ1) is 6.67. The van der Waals surface area contributed by atoms with Gasteiger partial charge in [-0.05, 0) is 6.08 Å². The van der Waals surface area contributed by atoms with Gasteiger partial charge < -0.3 is 5.11 Å². The Balaban J connectivity index is 2.78. The summed E-state index contributed by atoms with van der Waals surface area (Å²) in [6.07, 6.45) is 4.61. The van der Waals surface area contributed by atoms with Crippen molar-refractivity contribution in [2.24, 2.45) is 10.2 Å². The van der Waals surface area contributed by atoms with Crippen molar-refractivity contribution in [3.8, 4) is 0 Å². The molecule has 0 aliphatic carbocycles. The summed E-state index contributed by atoms with van der Waals surface area (Å²) in [7, 11) is 0. The Morgan fingerprint density at radius 1 is 1.60 bits per heavy atom. The molecule has 0 fully saturated rings. The quantitative estimate of drug-likeness (QED) is 0.572. The molecule has 10 heavy (non-hydrogen) atoms. The van der Waals surface area contributed by atoms with Crippen LogP contribution in [0.1, 0.15) is 6.42 Å². The van der Waals surface area contributed by atoms with Crippen LogP contribution >= 0.6 is 0 Å². The van der Waals surface area contributed by atoms with Gasteiger partial charge in [0.15, 0.2) is 0 Å². The molecule has 0 aromatic heterocycles. The van der Waals surface area contributed by atoms with Gasteiger partial charge in [-0.1, -0.05) is 0 Å². The highest BCUT2D eigenvalue weighted by molar-refractivity contribution is 5.95. The Kier molecular flexibility index (Phi) is 1.94. The summed E-state index contributed by atoms with van der Waals surface area (Å²) < 4.78 is 0. The van der Waals surface area contributed by atoms with Gasteiger partial charge >= 0.3 is 5.97 Å². The highest BCUT2D eigenvalue weighted by atomic mass is 16.4. The second-order valence-electron chi connectivity index (χ2n) is 1.76. The summed E-state index contributed by atoms with van der Waals surface area (Å²) in [6.45, 7) is 0. The normalized spacial score (nSPS) is 16.2. The van der Waals surface area contributed by atoms with E-state index in [2.05, 4.69) is 10.2 Å². The lowest BCUT2D eigenvalue weighted by atomic mass is 10.2. The summed E-state index contributed by atoms with van der Waals surface area (Å²) >= 11 is 0. The molecule has 1 heterocycles. The first-order valence-electron chi connectivity index (χ1n) is 2.78. The SMILES string of the molecule is O=C(O)C1=CC=NN=CC1. The highest BCUT2D eigenvalue weighted by Gasteiger charge is 2.04. The van der Waals surface area contributed by atoms with Crippen LogP contribution in [-0.2, 0) is 4.79 Å². The molecule has 0 spiro atoms. The van der Waals surface area contributed by atoms with E-state index < -0.39 is 5.97 Å². The minimum absolute atomic E-state index is 0.310. The van der Waals surface area contributed by atoms with Crippen LogP contribution in [0.2, 0.25) is 0 Å². The Hall–Kier alpha value is -1.45. The van der Waals surface area contributed by atoms with E-state index in [1.807, 2.05) is 0 Å². The maximum Gasteiger partial charge on any atom is 0.331 e. The monoisotopic (exact) mass is 138 g/mol. The summed E-state index contributed by atoms with van der Waals surface area (Å²) in [5.41, 5.74) is 0.310.